The second kappa shape index (κ2) is 5.24. The van der Waals surface area contributed by atoms with Gasteiger partial charge in [0.15, 0.2) is 0 Å². The van der Waals surface area contributed by atoms with Crippen LogP contribution in [0.4, 0.5) is 0 Å². The average Bonchev–Trinajstić information content (AvgIpc) is 2.82. The van der Waals surface area contributed by atoms with Crippen LogP contribution in [0.1, 0.15) is 19.9 Å². The van der Waals surface area contributed by atoms with Crippen molar-refractivity contribution in [3.8, 4) is 17.1 Å². The SMILES string of the molecule is CC(C)n1c(-c2cc(Cl)cc(Cl)c2O)nc2ccccc21. The maximum Gasteiger partial charge on any atom is 0.145 e. The fourth-order valence-electron chi connectivity index (χ4n) is 2.49. The van der Waals surface area contributed by atoms with E-state index in [9.17, 15) is 5.11 Å². The normalized spacial score (nSPS) is 11.5. The second-order valence-corrected chi connectivity index (χ2v) is 6.02. The number of halogens is 2. The van der Waals surface area contributed by atoms with E-state index in [0.29, 0.717) is 16.4 Å². The molecule has 0 aliphatic carbocycles. The molecule has 1 aromatic heterocycles. The van der Waals surface area contributed by atoms with E-state index in [1.165, 1.54) is 6.07 Å². The van der Waals surface area contributed by atoms with Crippen molar-refractivity contribution in [3.05, 3.63) is 46.4 Å². The smallest absolute Gasteiger partial charge is 0.145 e. The summed E-state index contributed by atoms with van der Waals surface area (Å²) in [5.41, 5.74) is 2.42. The first-order chi connectivity index (χ1) is 9.99. The predicted octanol–water partition coefficient (Wildman–Crippen LogP) is 5.30. The van der Waals surface area contributed by atoms with Gasteiger partial charge in [0.2, 0.25) is 0 Å². The summed E-state index contributed by atoms with van der Waals surface area (Å²) in [4.78, 5) is 4.63. The molecule has 0 unspecified atom stereocenters. The highest BCUT2D eigenvalue weighted by molar-refractivity contribution is 6.36. The third-order valence-electron chi connectivity index (χ3n) is 3.38. The lowest BCUT2D eigenvalue weighted by atomic mass is 10.1. The summed E-state index contributed by atoms with van der Waals surface area (Å²) < 4.78 is 2.07. The Morgan fingerprint density at radius 1 is 1.14 bits per heavy atom. The zero-order chi connectivity index (χ0) is 15.1. The number of hydrogen-bond acceptors (Lipinski definition) is 2. The van der Waals surface area contributed by atoms with Gasteiger partial charge < -0.3 is 9.67 Å². The van der Waals surface area contributed by atoms with Gasteiger partial charge in [0, 0.05) is 11.1 Å². The van der Waals surface area contributed by atoms with Gasteiger partial charge in [0.1, 0.15) is 11.6 Å². The van der Waals surface area contributed by atoms with Crippen LogP contribution in [0, 0.1) is 0 Å². The van der Waals surface area contributed by atoms with Gasteiger partial charge in [-0.05, 0) is 38.1 Å². The summed E-state index contributed by atoms with van der Waals surface area (Å²) in [5, 5.41) is 11.0. The van der Waals surface area contributed by atoms with Crippen molar-refractivity contribution in [2.75, 3.05) is 0 Å². The van der Waals surface area contributed by atoms with Crippen LogP contribution >= 0.6 is 23.2 Å². The molecule has 3 rings (SSSR count). The standard InChI is InChI=1S/C16H14Cl2N2O/c1-9(2)20-14-6-4-3-5-13(14)19-16(20)11-7-10(17)8-12(18)15(11)21/h3-9,21H,1-2H3. The quantitative estimate of drug-likeness (QED) is 0.696. The fraction of sp³-hybridized carbons (Fsp3) is 0.188. The van der Waals surface area contributed by atoms with Crippen LogP contribution in [-0.4, -0.2) is 14.7 Å². The summed E-state index contributed by atoms with van der Waals surface area (Å²) in [7, 11) is 0. The molecule has 0 atom stereocenters. The third-order valence-corrected chi connectivity index (χ3v) is 3.89. The van der Waals surface area contributed by atoms with Crippen molar-refractivity contribution < 1.29 is 5.11 Å². The molecule has 0 amide bonds. The number of rotatable bonds is 2. The maximum atomic E-state index is 10.3. The number of aromatic hydroxyl groups is 1. The van der Waals surface area contributed by atoms with Crippen LogP contribution in [-0.2, 0) is 0 Å². The topological polar surface area (TPSA) is 38.0 Å². The Bertz CT molecular complexity index is 825. The van der Waals surface area contributed by atoms with Crippen molar-refractivity contribution in [3.63, 3.8) is 0 Å². The van der Waals surface area contributed by atoms with Gasteiger partial charge in [-0.15, -0.1) is 0 Å². The molecule has 0 fully saturated rings. The molecule has 0 saturated heterocycles. The number of benzene rings is 2. The van der Waals surface area contributed by atoms with Gasteiger partial charge in [-0.3, -0.25) is 0 Å². The van der Waals surface area contributed by atoms with Crippen LogP contribution in [0.5, 0.6) is 5.75 Å². The van der Waals surface area contributed by atoms with E-state index < -0.39 is 0 Å². The van der Waals surface area contributed by atoms with E-state index >= 15 is 0 Å². The lowest BCUT2D eigenvalue weighted by molar-refractivity contribution is 0.476. The molecule has 21 heavy (non-hydrogen) atoms. The summed E-state index contributed by atoms with van der Waals surface area (Å²) in [6.45, 7) is 4.14. The number of para-hydroxylation sites is 2. The minimum atomic E-state index is -0.00160. The largest absolute Gasteiger partial charge is 0.506 e. The van der Waals surface area contributed by atoms with Crippen LogP contribution in [0.3, 0.4) is 0 Å². The van der Waals surface area contributed by atoms with Crippen LogP contribution in [0.15, 0.2) is 36.4 Å². The fourth-order valence-corrected chi connectivity index (χ4v) is 2.99. The number of nitrogens with zero attached hydrogens (tertiary/aromatic N) is 2. The number of imidazole rings is 1. The molecule has 1 heterocycles. The Kier molecular flexibility index (Phi) is 3.56. The molecule has 108 valence electrons. The van der Waals surface area contributed by atoms with E-state index in [1.807, 2.05) is 24.3 Å². The van der Waals surface area contributed by atoms with E-state index in [2.05, 4.69) is 23.4 Å². The highest BCUT2D eigenvalue weighted by atomic mass is 35.5. The van der Waals surface area contributed by atoms with Gasteiger partial charge in [-0.25, -0.2) is 4.98 Å². The van der Waals surface area contributed by atoms with Gasteiger partial charge >= 0.3 is 0 Å². The van der Waals surface area contributed by atoms with E-state index in [1.54, 1.807) is 6.07 Å². The molecule has 3 aromatic rings. The summed E-state index contributed by atoms with van der Waals surface area (Å²) >= 11 is 12.1. The first kappa shape index (κ1) is 14.2. The van der Waals surface area contributed by atoms with Crippen molar-refractivity contribution in [1.82, 2.24) is 9.55 Å². The first-order valence-corrected chi connectivity index (χ1v) is 7.40. The minimum absolute atomic E-state index is 0.00160. The second-order valence-electron chi connectivity index (χ2n) is 5.17. The van der Waals surface area contributed by atoms with Gasteiger partial charge in [-0.1, -0.05) is 35.3 Å². The molecule has 0 radical (unpaired) electrons. The molecule has 1 N–H and O–H groups in total. The monoisotopic (exact) mass is 320 g/mol. The van der Waals surface area contributed by atoms with Crippen LogP contribution in [0.25, 0.3) is 22.4 Å². The summed E-state index contributed by atoms with van der Waals surface area (Å²) in [5.74, 6) is 0.659. The summed E-state index contributed by atoms with van der Waals surface area (Å²) in [6.07, 6.45) is 0. The molecule has 0 aliphatic heterocycles. The molecule has 0 saturated carbocycles. The van der Waals surface area contributed by atoms with Crippen molar-refractivity contribution in [1.29, 1.82) is 0 Å². The predicted molar refractivity (Wildman–Crippen MR) is 87.2 cm³/mol. The molecule has 2 aromatic carbocycles. The average molecular weight is 321 g/mol. The first-order valence-electron chi connectivity index (χ1n) is 6.64. The lowest BCUT2D eigenvalue weighted by Gasteiger charge is -2.14. The van der Waals surface area contributed by atoms with Crippen LogP contribution in [0.2, 0.25) is 10.0 Å². The Hall–Kier alpha value is -1.71. The molecular formula is C16H14Cl2N2O. The van der Waals surface area contributed by atoms with Crippen molar-refractivity contribution in [2.45, 2.75) is 19.9 Å². The zero-order valence-electron chi connectivity index (χ0n) is 11.6. The Balaban J connectivity index is 2.38. The molecule has 0 spiro atoms. The number of aromatic nitrogens is 2. The van der Waals surface area contributed by atoms with E-state index in [-0.39, 0.29) is 16.8 Å². The zero-order valence-corrected chi connectivity index (χ0v) is 13.2. The van der Waals surface area contributed by atoms with Crippen molar-refractivity contribution in [2.24, 2.45) is 0 Å². The summed E-state index contributed by atoms with van der Waals surface area (Å²) in [6, 6.07) is 11.2. The number of fused-ring (bicyclic) bond motifs is 1. The molecule has 0 bridgehead atoms. The molecule has 5 heteroatoms. The van der Waals surface area contributed by atoms with Gasteiger partial charge in [-0.2, -0.15) is 0 Å². The molecule has 0 aliphatic rings. The van der Waals surface area contributed by atoms with Crippen molar-refractivity contribution >= 4 is 34.2 Å². The maximum absolute atomic E-state index is 10.3. The molecule has 3 nitrogen and oxygen atoms in total. The third kappa shape index (κ3) is 2.37. The Morgan fingerprint density at radius 3 is 2.57 bits per heavy atom. The van der Waals surface area contributed by atoms with Gasteiger partial charge in [0.25, 0.3) is 0 Å². The Labute approximate surface area is 132 Å². The number of phenols is 1. The Morgan fingerprint density at radius 2 is 1.86 bits per heavy atom. The van der Waals surface area contributed by atoms with Crippen LogP contribution < -0.4 is 0 Å². The lowest BCUT2D eigenvalue weighted by Crippen LogP contribution is -2.03. The molecular weight excluding hydrogens is 307 g/mol. The van der Waals surface area contributed by atoms with E-state index in [0.717, 1.165) is 11.0 Å². The highest BCUT2D eigenvalue weighted by Crippen LogP contribution is 2.39. The number of phenolic OH excluding ortho intramolecular Hbond substituents is 1. The number of hydrogen-bond donors (Lipinski definition) is 1. The van der Waals surface area contributed by atoms with Gasteiger partial charge in [0.05, 0.1) is 21.6 Å². The van der Waals surface area contributed by atoms with E-state index in [4.69, 9.17) is 23.2 Å². The minimum Gasteiger partial charge on any atom is -0.506 e. The highest BCUT2D eigenvalue weighted by Gasteiger charge is 2.19.